The molecule has 0 amide bonds. The van der Waals surface area contributed by atoms with Crippen molar-refractivity contribution in [1.82, 2.24) is 9.55 Å². The van der Waals surface area contributed by atoms with Gasteiger partial charge in [-0.2, -0.15) is 0 Å². The lowest BCUT2D eigenvalue weighted by Gasteiger charge is -2.30. The second kappa shape index (κ2) is 8.78. The van der Waals surface area contributed by atoms with Crippen LogP contribution in [0.2, 0.25) is 0 Å². The standard InChI is InChI=1S/C19H22FN2O8P/c1-11-7-22(19(24)21-17(11)23)18-15(20)16-14(29-18)10-28-31(25,30-16)27-9-13-6-4-3-5-12(13)8-26-2/h3-7,14-16,18H,8-10H2,1-2H3,(H,21,23,24)/t14-,15+,16-,18-,31?/m0/s1. The van der Waals surface area contributed by atoms with E-state index in [1.54, 1.807) is 19.2 Å². The van der Waals surface area contributed by atoms with E-state index < -0.39 is 43.7 Å². The number of phosphoric acid groups is 1. The molecule has 3 heterocycles. The number of aromatic nitrogens is 2. The molecule has 2 aromatic rings. The Labute approximate surface area is 176 Å². The first-order valence-corrected chi connectivity index (χ1v) is 11.0. The van der Waals surface area contributed by atoms with E-state index in [1.165, 1.54) is 13.1 Å². The van der Waals surface area contributed by atoms with Gasteiger partial charge in [-0.05, 0) is 18.1 Å². The van der Waals surface area contributed by atoms with E-state index in [2.05, 4.69) is 4.98 Å². The lowest BCUT2D eigenvalue weighted by atomic mass is 10.1. The number of hydrogen-bond acceptors (Lipinski definition) is 8. The topological polar surface area (TPSA) is 118 Å². The third-order valence-electron chi connectivity index (χ3n) is 5.13. The molecule has 2 aliphatic rings. The lowest BCUT2D eigenvalue weighted by Crippen LogP contribution is -2.39. The van der Waals surface area contributed by atoms with Gasteiger partial charge in [-0.1, -0.05) is 24.3 Å². The van der Waals surface area contributed by atoms with Crippen molar-refractivity contribution in [3.63, 3.8) is 0 Å². The van der Waals surface area contributed by atoms with Crippen LogP contribution in [0.5, 0.6) is 0 Å². The molecular weight excluding hydrogens is 434 g/mol. The highest BCUT2D eigenvalue weighted by Crippen LogP contribution is 2.57. The van der Waals surface area contributed by atoms with Gasteiger partial charge < -0.3 is 9.47 Å². The number of rotatable bonds is 6. The van der Waals surface area contributed by atoms with Gasteiger partial charge in [0.05, 0.1) is 19.8 Å². The third kappa shape index (κ3) is 4.43. The van der Waals surface area contributed by atoms with Crippen molar-refractivity contribution in [2.75, 3.05) is 13.7 Å². The zero-order chi connectivity index (χ0) is 22.2. The normalized spacial score (nSPS) is 30.3. The molecule has 0 radical (unpaired) electrons. The van der Waals surface area contributed by atoms with Gasteiger partial charge >= 0.3 is 13.5 Å². The van der Waals surface area contributed by atoms with Gasteiger partial charge in [0.2, 0.25) is 0 Å². The van der Waals surface area contributed by atoms with Gasteiger partial charge in [-0.15, -0.1) is 0 Å². The van der Waals surface area contributed by atoms with Crippen LogP contribution >= 0.6 is 7.82 Å². The minimum Gasteiger partial charge on any atom is -0.380 e. The van der Waals surface area contributed by atoms with E-state index in [1.807, 2.05) is 12.1 Å². The predicted octanol–water partition coefficient (Wildman–Crippen LogP) is 1.97. The van der Waals surface area contributed by atoms with E-state index >= 15 is 4.39 Å². The van der Waals surface area contributed by atoms with Crippen LogP contribution in [-0.4, -0.2) is 41.6 Å². The van der Waals surface area contributed by atoms with Crippen LogP contribution in [0.3, 0.4) is 0 Å². The van der Waals surface area contributed by atoms with Crippen molar-refractivity contribution >= 4 is 7.82 Å². The molecule has 1 aromatic carbocycles. The number of alkyl halides is 1. The molecular formula is C19H22FN2O8P. The summed E-state index contributed by atoms with van der Waals surface area (Å²) in [7, 11) is -2.52. The predicted molar refractivity (Wildman–Crippen MR) is 105 cm³/mol. The molecule has 168 valence electrons. The first-order chi connectivity index (χ1) is 14.8. The molecule has 2 aliphatic heterocycles. The average molecular weight is 456 g/mol. The number of fused-ring (bicyclic) bond motifs is 1. The molecule has 4 rings (SSSR count). The average Bonchev–Trinajstić information content (AvgIpc) is 3.06. The molecule has 0 bridgehead atoms. The summed E-state index contributed by atoms with van der Waals surface area (Å²) in [6.45, 7) is 1.49. The molecule has 0 spiro atoms. The fourth-order valence-electron chi connectivity index (χ4n) is 3.51. The molecule has 1 aromatic heterocycles. The number of methoxy groups -OCH3 is 1. The van der Waals surface area contributed by atoms with E-state index in [4.69, 9.17) is 23.0 Å². The van der Waals surface area contributed by atoms with Crippen molar-refractivity contribution in [3.8, 4) is 0 Å². The number of halogens is 1. The van der Waals surface area contributed by atoms with E-state index in [-0.39, 0.29) is 18.8 Å². The Bertz CT molecular complexity index is 1120. The number of nitrogens with one attached hydrogen (secondary N) is 1. The lowest BCUT2D eigenvalue weighted by molar-refractivity contribution is -0.0731. The fraction of sp³-hybridized carbons (Fsp3) is 0.474. The maximum absolute atomic E-state index is 15.1. The number of hydrogen-bond donors (Lipinski definition) is 1. The van der Waals surface area contributed by atoms with Crippen LogP contribution in [0.25, 0.3) is 0 Å². The Hall–Kier alpha value is -2.14. The smallest absolute Gasteiger partial charge is 0.380 e. The van der Waals surface area contributed by atoms with Crippen LogP contribution in [0.15, 0.2) is 40.1 Å². The van der Waals surface area contributed by atoms with E-state index in [9.17, 15) is 14.2 Å². The summed E-state index contributed by atoms with van der Waals surface area (Å²) in [4.78, 5) is 25.8. The number of phosphoric ester groups is 1. The molecule has 2 saturated heterocycles. The number of nitrogens with zero attached hydrogens (tertiary/aromatic N) is 1. The molecule has 0 aliphatic carbocycles. The Balaban J connectivity index is 1.48. The maximum Gasteiger partial charge on any atom is 0.475 e. The van der Waals surface area contributed by atoms with Gasteiger partial charge in [0.15, 0.2) is 12.4 Å². The molecule has 1 N–H and O–H groups in total. The monoisotopic (exact) mass is 456 g/mol. The third-order valence-corrected chi connectivity index (χ3v) is 6.54. The summed E-state index contributed by atoms with van der Waals surface area (Å²) >= 11 is 0. The molecule has 12 heteroatoms. The molecule has 10 nitrogen and oxygen atoms in total. The van der Waals surface area contributed by atoms with Crippen molar-refractivity contribution in [1.29, 1.82) is 0 Å². The number of H-pyrrole nitrogens is 1. The minimum absolute atomic E-state index is 0.0893. The second-order valence-electron chi connectivity index (χ2n) is 7.28. The Morgan fingerprint density at radius 3 is 2.68 bits per heavy atom. The second-order valence-corrected chi connectivity index (χ2v) is 8.90. The summed E-state index contributed by atoms with van der Waals surface area (Å²) in [5, 5.41) is 0. The van der Waals surface area contributed by atoms with Crippen molar-refractivity contribution in [3.05, 3.63) is 68.0 Å². The van der Waals surface area contributed by atoms with Crippen molar-refractivity contribution in [2.24, 2.45) is 0 Å². The zero-order valence-electron chi connectivity index (χ0n) is 16.9. The minimum atomic E-state index is -4.08. The van der Waals surface area contributed by atoms with Crippen LogP contribution in [0, 0.1) is 6.92 Å². The summed E-state index contributed by atoms with van der Waals surface area (Å²) in [5.41, 5.74) is 0.384. The van der Waals surface area contributed by atoms with Gasteiger partial charge in [-0.25, -0.2) is 13.8 Å². The number of benzene rings is 1. The summed E-state index contributed by atoms with van der Waals surface area (Å²) in [5.74, 6) is 0. The molecule has 2 fully saturated rings. The van der Waals surface area contributed by atoms with E-state index in [0.29, 0.717) is 6.61 Å². The molecule has 0 saturated carbocycles. The molecule has 5 atom stereocenters. The number of aromatic amines is 1. The SMILES string of the molecule is COCc1ccccc1COP1(=O)OC[C@@H]2O[C@H](n3cc(C)c(=O)[nH]c3=O)[C@H](F)[C@H]2O1. The van der Waals surface area contributed by atoms with Crippen molar-refractivity contribution in [2.45, 2.75) is 44.7 Å². The largest absolute Gasteiger partial charge is 0.475 e. The van der Waals surface area contributed by atoms with Crippen LogP contribution in [0.1, 0.15) is 22.9 Å². The van der Waals surface area contributed by atoms with Crippen LogP contribution < -0.4 is 11.2 Å². The summed E-state index contributed by atoms with van der Waals surface area (Å²) < 4.78 is 55.8. The zero-order valence-corrected chi connectivity index (χ0v) is 17.8. The van der Waals surface area contributed by atoms with Crippen LogP contribution in [0.4, 0.5) is 4.39 Å². The first kappa shape index (κ1) is 22.1. The van der Waals surface area contributed by atoms with Gasteiger partial charge in [0, 0.05) is 18.9 Å². The van der Waals surface area contributed by atoms with Gasteiger partial charge in [0.25, 0.3) is 5.56 Å². The quantitative estimate of drug-likeness (QED) is 0.656. The molecule has 31 heavy (non-hydrogen) atoms. The first-order valence-electron chi connectivity index (χ1n) is 9.56. The van der Waals surface area contributed by atoms with Crippen LogP contribution in [-0.2, 0) is 40.8 Å². The highest BCUT2D eigenvalue weighted by atomic mass is 31.2. The van der Waals surface area contributed by atoms with Crippen molar-refractivity contribution < 1.29 is 32.0 Å². The molecule has 1 unspecified atom stereocenters. The van der Waals surface area contributed by atoms with Gasteiger partial charge in [0.1, 0.15) is 12.2 Å². The summed E-state index contributed by atoms with van der Waals surface area (Å²) in [6, 6.07) is 7.25. The number of ether oxygens (including phenoxy) is 2. The Morgan fingerprint density at radius 2 is 1.97 bits per heavy atom. The Morgan fingerprint density at radius 1 is 1.26 bits per heavy atom. The number of aryl methyl sites for hydroxylation is 1. The summed E-state index contributed by atoms with van der Waals surface area (Å²) in [6.07, 6.45) is -4.16. The Kier molecular flexibility index (Phi) is 6.25. The highest BCUT2D eigenvalue weighted by Gasteiger charge is 2.54. The maximum atomic E-state index is 15.1. The van der Waals surface area contributed by atoms with Gasteiger partial charge in [-0.3, -0.25) is 27.9 Å². The fourth-order valence-corrected chi connectivity index (χ4v) is 4.88. The highest BCUT2D eigenvalue weighted by molar-refractivity contribution is 7.48. The van der Waals surface area contributed by atoms with E-state index in [0.717, 1.165) is 15.7 Å².